The fraction of sp³-hybridized carbons (Fsp3) is 0.364. The summed E-state index contributed by atoms with van der Waals surface area (Å²) in [6.07, 6.45) is 3.47. The molecule has 30 heavy (non-hydrogen) atoms. The fourth-order valence-corrected chi connectivity index (χ4v) is 3.77. The van der Waals surface area contributed by atoms with Gasteiger partial charge in [0, 0.05) is 17.8 Å². The largest absolute Gasteiger partial charge is 0.485 e. The maximum Gasteiger partial charge on any atom is 0.270 e. The van der Waals surface area contributed by atoms with Gasteiger partial charge in [0.25, 0.3) is 5.91 Å². The van der Waals surface area contributed by atoms with Crippen LogP contribution in [0.5, 0.6) is 5.75 Å². The van der Waals surface area contributed by atoms with Gasteiger partial charge in [-0.05, 0) is 57.4 Å². The van der Waals surface area contributed by atoms with E-state index in [9.17, 15) is 13.6 Å². The van der Waals surface area contributed by atoms with Crippen LogP contribution in [0.2, 0.25) is 0 Å². The Bertz CT molecular complexity index is 1120. The summed E-state index contributed by atoms with van der Waals surface area (Å²) >= 11 is 0. The van der Waals surface area contributed by atoms with Crippen LogP contribution in [0.15, 0.2) is 30.5 Å². The fourth-order valence-electron chi connectivity index (χ4n) is 3.77. The molecule has 2 unspecified atom stereocenters. The minimum Gasteiger partial charge on any atom is -0.485 e. The van der Waals surface area contributed by atoms with E-state index in [1.165, 1.54) is 18.2 Å². The number of pyridine rings is 1. The first kappa shape index (κ1) is 20.3. The highest BCUT2D eigenvalue weighted by Crippen LogP contribution is 2.30. The highest BCUT2D eigenvalue weighted by atomic mass is 19.1. The van der Waals surface area contributed by atoms with Crippen LogP contribution in [0.25, 0.3) is 5.65 Å². The van der Waals surface area contributed by atoms with Crippen molar-refractivity contribution in [2.75, 3.05) is 0 Å². The highest BCUT2D eigenvalue weighted by Gasteiger charge is 2.40. The number of hydrogen-bond donors (Lipinski definition) is 2. The van der Waals surface area contributed by atoms with E-state index in [-0.39, 0.29) is 24.1 Å². The third-order valence-corrected chi connectivity index (χ3v) is 5.72. The van der Waals surface area contributed by atoms with Gasteiger partial charge in [-0.15, -0.1) is 0 Å². The number of carbonyl (C=O) groups is 1. The Morgan fingerprint density at radius 3 is 2.67 bits per heavy atom. The number of aromatic nitrogens is 2. The molecule has 2 atom stereocenters. The van der Waals surface area contributed by atoms with Crippen LogP contribution in [0.3, 0.4) is 0 Å². The van der Waals surface area contributed by atoms with Crippen LogP contribution in [0, 0.1) is 25.5 Å². The summed E-state index contributed by atoms with van der Waals surface area (Å²) in [5.41, 5.74) is 7.72. The zero-order valence-corrected chi connectivity index (χ0v) is 17.1. The number of nitrogens with two attached hydrogens (primary N) is 1. The van der Waals surface area contributed by atoms with Gasteiger partial charge in [0.05, 0.1) is 11.3 Å². The molecule has 1 aromatic carbocycles. The zero-order chi connectivity index (χ0) is 21.6. The summed E-state index contributed by atoms with van der Waals surface area (Å²) in [5.74, 6) is -1.28. The van der Waals surface area contributed by atoms with Gasteiger partial charge in [0.15, 0.2) is 11.4 Å². The Kier molecular flexibility index (Phi) is 4.97. The third kappa shape index (κ3) is 3.52. The molecule has 1 amide bonds. The van der Waals surface area contributed by atoms with E-state index in [1.807, 2.05) is 13.8 Å². The van der Waals surface area contributed by atoms with Gasteiger partial charge in [-0.2, -0.15) is 0 Å². The van der Waals surface area contributed by atoms with E-state index in [0.717, 1.165) is 18.4 Å². The van der Waals surface area contributed by atoms with Crippen LogP contribution < -0.4 is 15.8 Å². The molecular weight excluding hydrogens is 390 g/mol. The third-order valence-electron chi connectivity index (χ3n) is 5.72. The number of halogens is 2. The lowest BCUT2D eigenvalue weighted by molar-refractivity contribution is 0.0849. The number of nitrogens with one attached hydrogen (secondary N) is 1. The number of carbonyl (C=O) groups excluding carboxylic acids is 1. The highest BCUT2D eigenvalue weighted by molar-refractivity contribution is 5.95. The first-order valence-corrected chi connectivity index (χ1v) is 9.82. The molecular formula is C22H24F2N4O2. The van der Waals surface area contributed by atoms with Gasteiger partial charge >= 0.3 is 0 Å². The number of imidazole rings is 1. The normalized spacial score (nSPS) is 20.8. The van der Waals surface area contributed by atoms with Crippen LogP contribution in [-0.2, 0) is 6.61 Å². The van der Waals surface area contributed by atoms with Crippen molar-refractivity contribution in [2.45, 2.75) is 51.8 Å². The predicted molar refractivity (Wildman–Crippen MR) is 108 cm³/mol. The lowest BCUT2D eigenvalue weighted by Crippen LogP contribution is -2.63. The molecule has 0 aliphatic heterocycles. The molecule has 0 bridgehead atoms. The molecule has 3 aromatic rings. The van der Waals surface area contributed by atoms with Crippen molar-refractivity contribution in [1.29, 1.82) is 0 Å². The van der Waals surface area contributed by atoms with E-state index >= 15 is 0 Å². The number of benzene rings is 1. The molecule has 6 nitrogen and oxygen atoms in total. The molecule has 3 N–H and O–H groups in total. The molecule has 2 heterocycles. The lowest BCUT2D eigenvalue weighted by Gasteiger charge is -2.44. The van der Waals surface area contributed by atoms with Gasteiger partial charge in [0.1, 0.15) is 23.9 Å². The molecule has 1 aliphatic rings. The summed E-state index contributed by atoms with van der Waals surface area (Å²) in [6.45, 7) is 5.20. The van der Waals surface area contributed by atoms with Crippen LogP contribution in [0.1, 0.15) is 47.1 Å². The summed E-state index contributed by atoms with van der Waals surface area (Å²) in [7, 11) is 0. The van der Waals surface area contributed by atoms with Gasteiger partial charge in [0.2, 0.25) is 0 Å². The SMILES string of the molecule is Cc1cc(OCc2c(F)cccc2F)c2nc(C)c(C(=O)NC3CCC3(C)N)n2c1. The van der Waals surface area contributed by atoms with Gasteiger partial charge in [-0.1, -0.05) is 6.07 Å². The van der Waals surface area contributed by atoms with Gasteiger partial charge < -0.3 is 15.8 Å². The number of hydrogen-bond acceptors (Lipinski definition) is 4. The Labute approximate surface area is 173 Å². The summed E-state index contributed by atoms with van der Waals surface area (Å²) in [6, 6.07) is 5.30. The van der Waals surface area contributed by atoms with Crippen LogP contribution in [0.4, 0.5) is 8.78 Å². The maximum atomic E-state index is 13.9. The number of nitrogens with zero attached hydrogens (tertiary/aromatic N) is 2. The summed E-state index contributed by atoms with van der Waals surface area (Å²) < 4.78 is 35.3. The van der Waals surface area contributed by atoms with E-state index < -0.39 is 17.2 Å². The number of amides is 1. The Morgan fingerprint density at radius 2 is 2.07 bits per heavy atom. The van der Waals surface area contributed by atoms with E-state index in [4.69, 9.17) is 10.5 Å². The molecule has 0 saturated heterocycles. The van der Waals surface area contributed by atoms with Gasteiger partial charge in [-0.25, -0.2) is 13.8 Å². The molecule has 0 radical (unpaired) electrons. The first-order chi connectivity index (χ1) is 14.2. The smallest absolute Gasteiger partial charge is 0.270 e. The van der Waals surface area contributed by atoms with Crippen molar-refractivity contribution >= 4 is 11.6 Å². The maximum absolute atomic E-state index is 13.9. The number of rotatable bonds is 5. The second-order valence-electron chi connectivity index (χ2n) is 8.18. The number of aryl methyl sites for hydroxylation is 2. The molecule has 158 valence electrons. The molecule has 0 spiro atoms. The Hall–Kier alpha value is -3.00. The zero-order valence-electron chi connectivity index (χ0n) is 17.1. The number of fused-ring (bicyclic) bond motifs is 1. The average molecular weight is 414 g/mol. The summed E-state index contributed by atoms with van der Waals surface area (Å²) in [5, 5.41) is 2.99. The molecule has 1 aliphatic carbocycles. The van der Waals surface area contributed by atoms with Crippen molar-refractivity contribution in [3.63, 3.8) is 0 Å². The van der Waals surface area contributed by atoms with E-state index in [1.54, 1.807) is 23.6 Å². The average Bonchev–Trinajstić information content (AvgIpc) is 3.00. The van der Waals surface area contributed by atoms with Crippen molar-refractivity contribution in [3.8, 4) is 5.75 Å². The van der Waals surface area contributed by atoms with Crippen LogP contribution in [-0.4, -0.2) is 26.9 Å². The van der Waals surface area contributed by atoms with Crippen molar-refractivity contribution < 1.29 is 18.3 Å². The summed E-state index contributed by atoms with van der Waals surface area (Å²) in [4.78, 5) is 17.4. The molecule has 1 saturated carbocycles. The van der Waals surface area contributed by atoms with E-state index in [0.29, 0.717) is 22.8 Å². The second-order valence-corrected chi connectivity index (χ2v) is 8.18. The van der Waals surface area contributed by atoms with Crippen LogP contribution >= 0.6 is 0 Å². The minimum atomic E-state index is -0.677. The van der Waals surface area contributed by atoms with Crippen molar-refractivity contribution in [2.24, 2.45) is 5.73 Å². The Balaban J connectivity index is 1.66. The molecule has 1 fully saturated rings. The topological polar surface area (TPSA) is 81.6 Å². The predicted octanol–water partition coefficient (Wildman–Crippen LogP) is 3.42. The van der Waals surface area contributed by atoms with Crippen molar-refractivity contribution in [3.05, 3.63) is 64.6 Å². The standard InChI is InChI=1S/C22H24F2N4O2/c1-12-9-17(30-11-14-15(23)5-4-6-16(14)24)20-26-13(2)19(28(20)10-12)21(29)27-18-7-8-22(18,3)25/h4-6,9-10,18H,7-8,11,25H2,1-3H3,(H,27,29). The first-order valence-electron chi connectivity index (χ1n) is 9.82. The van der Waals surface area contributed by atoms with Crippen molar-refractivity contribution in [1.82, 2.24) is 14.7 Å². The quantitative estimate of drug-likeness (QED) is 0.670. The Morgan fingerprint density at radius 1 is 1.37 bits per heavy atom. The number of ether oxygens (including phenoxy) is 1. The molecule has 2 aromatic heterocycles. The molecule has 4 rings (SSSR count). The second kappa shape index (κ2) is 7.36. The minimum absolute atomic E-state index is 0.0977. The molecule has 8 heteroatoms. The van der Waals surface area contributed by atoms with E-state index in [2.05, 4.69) is 10.3 Å². The lowest BCUT2D eigenvalue weighted by atomic mass is 9.74. The monoisotopic (exact) mass is 414 g/mol. The van der Waals surface area contributed by atoms with Gasteiger partial charge in [-0.3, -0.25) is 9.20 Å².